The predicted molar refractivity (Wildman–Crippen MR) is 74.8 cm³/mol. The first-order chi connectivity index (χ1) is 8.75. The van der Waals surface area contributed by atoms with Crippen molar-refractivity contribution in [2.45, 2.75) is 0 Å². The lowest BCUT2D eigenvalue weighted by Gasteiger charge is -2.06. The van der Waals surface area contributed by atoms with Gasteiger partial charge in [0.05, 0.1) is 9.99 Å². The molecule has 0 bridgehead atoms. The molecule has 3 rings (SSSR count). The summed E-state index contributed by atoms with van der Waals surface area (Å²) < 4.78 is 14.1. The molecule has 3 aromatic rings. The number of halogens is 2. The van der Waals surface area contributed by atoms with E-state index in [9.17, 15) is 4.39 Å². The minimum atomic E-state index is -0.256. The maximum absolute atomic E-state index is 13.6. The number of benzene rings is 2. The van der Waals surface area contributed by atoms with Crippen molar-refractivity contribution in [3.63, 3.8) is 0 Å². The van der Waals surface area contributed by atoms with Crippen LogP contribution in [0, 0.1) is 5.82 Å². The fourth-order valence-electron chi connectivity index (χ4n) is 2.02. The van der Waals surface area contributed by atoms with Crippen molar-refractivity contribution in [3.8, 4) is 11.1 Å². The molecule has 1 aromatic heterocycles. The number of hydrogen-bond acceptors (Lipinski definition) is 1. The number of nitrogens with zero attached hydrogens (tertiary/aromatic N) is 1. The molecule has 3 heteroatoms. The standard InChI is InChI=1S/C15H9BrFN/c16-13-7-6-10(9-14(13)17)11-3-1-5-15-12(11)4-2-8-18-15/h1-9H. The minimum absolute atomic E-state index is 0.256. The zero-order valence-electron chi connectivity index (χ0n) is 9.40. The van der Waals surface area contributed by atoms with Crippen LogP contribution in [0.25, 0.3) is 22.0 Å². The molecule has 1 heterocycles. The smallest absolute Gasteiger partial charge is 0.137 e. The summed E-state index contributed by atoms with van der Waals surface area (Å²) in [4.78, 5) is 4.30. The van der Waals surface area contributed by atoms with Crippen molar-refractivity contribution < 1.29 is 4.39 Å². The van der Waals surface area contributed by atoms with Gasteiger partial charge < -0.3 is 0 Å². The van der Waals surface area contributed by atoms with Crippen LogP contribution >= 0.6 is 15.9 Å². The van der Waals surface area contributed by atoms with E-state index in [4.69, 9.17) is 0 Å². The van der Waals surface area contributed by atoms with Crippen LogP contribution in [-0.4, -0.2) is 4.98 Å². The molecule has 2 aromatic carbocycles. The molecule has 0 aliphatic heterocycles. The third-order valence-electron chi connectivity index (χ3n) is 2.88. The Kier molecular flexibility index (Phi) is 2.84. The van der Waals surface area contributed by atoms with Gasteiger partial charge in [-0.2, -0.15) is 0 Å². The van der Waals surface area contributed by atoms with Gasteiger partial charge in [-0.25, -0.2) is 4.39 Å². The maximum Gasteiger partial charge on any atom is 0.137 e. The lowest BCUT2D eigenvalue weighted by Crippen LogP contribution is -1.85. The SMILES string of the molecule is Fc1cc(-c2cccc3ncccc23)ccc1Br. The molecule has 0 radical (unpaired) electrons. The van der Waals surface area contributed by atoms with Crippen LogP contribution in [0.2, 0.25) is 0 Å². The van der Waals surface area contributed by atoms with E-state index in [2.05, 4.69) is 20.9 Å². The van der Waals surface area contributed by atoms with E-state index in [0.29, 0.717) is 4.47 Å². The van der Waals surface area contributed by atoms with Crippen molar-refractivity contribution in [1.82, 2.24) is 4.98 Å². The van der Waals surface area contributed by atoms with Gasteiger partial charge in [0, 0.05) is 11.6 Å². The fourth-order valence-corrected chi connectivity index (χ4v) is 2.27. The van der Waals surface area contributed by atoms with E-state index >= 15 is 0 Å². The van der Waals surface area contributed by atoms with Crippen LogP contribution in [-0.2, 0) is 0 Å². The molecule has 88 valence electrons. The molecule has 1 nitrogen and oxygen atoms in total. The average Bonchev–Trinajstić information content (AvgIpc) is 2.41. The summed E-state index contributed by atoms with van der Waals surface area (Å²) in [6.07, 6.45) is 1.76. The number of pyridine rings is 1. The van der Waals surface area contributed by atoms with Gasteiger partial charge in [-0.1, -0.05) is 24.3 Å². The molecule has 0 spiro atoms. The maximum atomic E-state index is 13.6. The van der Waals surface area contributed by atoms with E-state index in [-0.39, 0.29) is 5.82 Å². The molecule has 0 N–H and O–H groups in total. The first kappa shape index (κ1) is 11.4. The minimum Gasteiger partial charge on any atom is -0.256 e. The van der Waals surface area contributed by atoms with Gasteiger partial charge in [-0.15, -0.1) is 0 Å². The van der Waals surface area contributed by atoms with Crippen LogP contribution in [0.5, 0.6) is 0 Å². The summed E-state index contributed by atoms with van der Waals surface area (Å²) in [6, 6.07) is 14.9. The van der Waals surface area contributed by atoms with Crippen molar-refractivity contribution in [2.75, 3.05) is 0 Å². The van der Waals surface area contributed by atoms with Gasteiger partial charge in [0.1, 0.15) is 5.82 Å². The summed E-state index contributed by atoms with van der Waals surface area (Å²) in [7, 11) is 0. The van der Waals surface area contributed by atoms with Gasteiger partial charge in [-0.05, 0) is 51.3 Å². The molecular weight excluding hydrogens is 293 g/mol. The number of aromatic nitrogens is 1. The largest absolute Gasteiger partial charge is 0.256 e. The normalized spacial score (nSPS) is 10.8. The molecule has 0 saturated heterocycles. The highest BCUT2D eigenvalue weighted by molar-refractivity contribution is 9.10. The van der Waals surface area contributed by atoms with Gasteiger partial charge in [0.2, 0.25) is 0 Å². The van der Waals surface area contributed by atoms with Crippen molar-refractivity contribution in [2.24, 2.45) is 0 Å². The van der Waals surface area contributed by atoms with E-state index in [1.165, 1.54) is 6.07 Å². The van der Waals surface area contributed by atoms with Crippen LogP contribution < -0.4 is 0 Å². The Morgan fingerprint density at radius 1 is 1.00 bits per heavy atom. The molecule has 0 amide bonds. The number of fused-ring (bicyclic) bond motifs is 1. The zero-order chi connectivity index (χ0) is 12.5. The Bertz CT molecular complexity index is 719. The average molecular weight is 302 g/mol. The van der Waals surface area contributed by atoms with Gasteiger partial charge >= 0.3 is 0 Å². The van der Waals surface area contributed by atoms with E-state index < -0.39 is 0 Å². The molecule has 0 aliphatic carbocycles. The lowest BCUT2D eigenvalue weighted by molar-refractivity contribution is 0.621. The molecule has 0 fully saturated rings. The second kappa shape index (κ2) is 4.50. The summed E-state index contributed by atoms with van der Waals surface area (Å²) in [5, 5.41) is 1.03. The van der Waals surface area contributed by atoms with Gasteiger partial charge in [0.25, 0.3) is 0 Å². The third kappa shape index (κ3) is 1.91. The monoisotopic (exact) mass is 301 g/mol. The molecule has 0 aliphatic rings. The van der Waals surface area contributed by atoms with Crippen LogP contribution in [0.15, 0.2) is 59.2 Å². The highest BCUT2D eigenvalue weighted by atomic mass is 79.9. The highest BCUT2D eigenvalue weighted by Crippen LogP contribution is 2.29. The van der Waals surface area contributed by atoms with Crippen molar-refractivity contribution in [1.29, 1.82) is 0 Å². The highest BCUT2D eigenvalue weighted by Gasteiger charge is 2.06. The van der Waals surface area contributed by atoms with Crippen LogP contribution in [0.1, 0.15) is 0 Å². The second-order valence-electron chi connectivity index (χ2n) is 4.00. The van der Waals surface area contributed by atoms with Crippen LogP contribution in [0.4, 0.5) is 4.39 Å². The first-order valence-corrected chi connectivity index (χ1v) is 6.34. The molecular formula is C15H9BrFN. The zero-order valence-corrected chi connectivity index (χ0v) is 11.0. The first-order valence-electron chi connectivity index (χ1n) is 5.55. The molecule has 0 unspecified atom stereocenters. The third-order valence-corrected chi connectivity index (χ3v) is 3.52. The number of rotatable bonds is 1. The topological polar surface area (TPSA) is 12.9 Å². The van der Waals surface area contributed by atoms with Crippen LogP contribution in [0.3, 0.4) is 0 Å². The summed E-state index contributed by atoms with van der Waals surface area (Å²) in [5.74, 6) is -0.256. The summed E-state index contributed by atoms with van der Waals surface area (Å²) in [6.45, 7) is 0. The summed E-state index contributed by atoms with van der Waals surface area (Å²) in [5.41, 5.74) is 2.76. The summed E-state index contributed by atoms with van der Waals surface area (Å²) >= 11 is 3.16. The molecule has 18 heavy (non-hydrogen) atoms. The Labute approximate surface area is 112 Å². The molecule has 0 saturated carbocycles. The number of hydrogen-bond donors (Lipinski definition) is 0. The Morgan fingerprint density at radius 3 is 2.72 bits per heavy atom. The van der Waals surface area contributed by atoms with Gasteiger partial charge in [-0.3, -0.25) is 4.98 Å². The van der Waals surface area contributed by atoms with E-state index in [1.807, 2.05) is 36.4 Å². The fraction of sp³-hybridized carbons (Fsp3) is 0. The Morgan fingerprint density at radius 2 is 1.89 bits per heavy atom. The predicted octanol–water partition coefficient (Wildman–Crippen LogP) is 4.80. The molecule has 0 atom stereocenters. The lowest BCUT2D eigenvalue weighted by atomic mass is 10.0. The van der Waals surface area contributed by atoms with E-state index in [1.54, 1.807) is 12.3 Å². The van der Waals surface area contributed by atoms with Crippen molar-refractivity contribution >= 4 is 26.8 Å². The second-order valence-corrected chi connectivity index (χ2v) is 4.86. The quantitative estimate of drug-likeness (QED) is 0.629. The Balaban J connectivity index is 2.28. The Hall–Kier alpha value is -1.74. The van der Waals surface area contributed by atoms with E-state index in [0.717, 1.165) is 22.0 Å². The van der Waals surface area contributed by atoms with Gasteiger partial charge in [0.15, 0.2) is 0 Å². The van der Waals surface area contributed by atoms with Crippen molar-refractivity contribution in [3.05, 3.63) is 65.0 Å².